The Hall–Kier alpha value is -0.900. The summed E-state index contributed by atoms with van der Waals surface area (Å²) in [4.78, 5) is 2.32. The van der Waals surface area contributed by atoms with Gasteiger partial charge in [-0.3, -0.25) is 0 Å². The summed E-state index contributed by atoms with van der Waals surface area (Å²) >= 11 is 0. The SMILES string of the molecule is CCNC(CN(C)CCOCC)c1ccc(C)cc1. The third kappa shape index (κ3) is 6.19. The van der Waals surface area contributed by atoms with E-state index in [1.807, 2.05) is 6.92 Å². The van der Waals surface area contributed by atoms with Gasteiger partial charge in [0.25, 0.3) is 0 Å². The minimum absolute atomic E-state index is 0.386. The van der Waals surface area contributed by atoms with E-state index in [0.29, 0.717) is 6.04 Å². The molecule has 0 heterocycles. The van der Waals surface area contributed by atoms with Crippen LogP contribution < -0.4 is 5.32 Å². The van der Waals surface area contributed by atoms with Crippen LogP contribution in [0.4, 0.5) is 0 Å². The van der Waals surface area contributed by atoms with Crippen molar-refractivity contribution in [2.24, 2.45) is 0 Å². The van der Waals surface area contributed by atoms with Crippen molar-refractivity contribution in [3.8, 4) is 0 Å². The van der Waals surface area contributed by atoms with Crippen LogP contribution in [0, 0.1) is 6.92 Å². The summed E-state index contributed by atoms with van der Waals surface area (Å²) in [5.41, 5.74) is 2.67. The fourth-order valence-corrected chi connectivity index (χ4v) is 2.10. The molecule has 1 aromatic rings. The van der Waals surface area contributed by atoms with Crippen LogP contribution in [0.3, 0.4) is 0 Å². The molecule has 0 aliphatic carbocycles. The van der Waals surface area contributed by atoms with Gasteiger partial charge in [-0.15, -0.1) is 0 Å². The zero-order valence-electron chi connectivity index (χ0n) is 12.8. The first kappa shape index (κ1) is 16.2. The summed E-state index contributed by atoms with van der Waals surface area (Å²) in [6.07, 6.45) is 0. The summed E-state index contributed by atoms with van der Waals surface area (Å²) in [6.45, 7) is 10.9. The molecular weight excluding hydrogens is 236 g/mol. The highest BCUT2D eigenvalue weighted by atomic mass is 16.5. The maximum atomic E-state index is 5.41. The van der Waals surface area contributed by atoms with Gasteiger partial charge < -0.3 is 15.0 Å². The first-order chi connectivity index (χ1) is 9.17. The smallest absolute Gasteiger partial charge is 0.0593 e. The van der Waals surface area contributed by atoms with Gasteiger partial charge in [0.1, 0.15) is 0 Å². The molecule has 0 radical (unpaired) electrons. The molecule has 0 saturated carbocycles. The molecule has 1 unspecified atom stereocenters. The Balaban J connectivity index is 2.54. The van der Waals surface area contributed by atoms with Crippen molar-refractivity contribution >= 4 is 0 Å². The highest BCUT2D eigenvalue weighted by molar-refractivity contribution is 5.24. The Morgan fingerprint density at radius 2 is 1.89 bits per heavy atom. The molecule has 1 N–H and O–H groups in total. The second-order valence-electron chi connectivity index (χ2n) is 4.98. The summed E-state index contributed by atoms with van der Waals surface area (Å²) in [5.74, 6) is 0. The molecule has 1 rings (SSSR count). The van der Waals surface area contributed by atoms with Gasteiger partial charge in [-0.1, -0.05) is 36.8 Å². The fraction of sp³-hybridized carbons (Fsp3) is 0.625. The standard InChI is InChI=1S/C16H28N2O/c1-5-17-16(13-18(4)11-12-19-6-2)15-9-7-14(3)8-10-15/h7-10,16-17H,5-6,11-13H2,1-4H3. The van der Waals surface area contributed by atoms with Crippen LogP contribution in [0.25, 0.3) is 0 Å². The molecule has 1 atom stereocenters. The summed E-state index contributed by atoms with van der Waals surface area (Å²) in [5, 5.41) is 3.56. The molecule has 0 aliphatic heterocycles. The van der Waals surface area contributed by atoms with Crippen molar-refractivity contribution in [2.45, 2.75) is 26.8 Å². The summed E-state index contributed by atoms with van der Waals surface area (Å²) in [7, 11) is 2.15. The minimum atomic E-state index is 0.386. The van der Waals surface area contributed by atoms with Gasteiger partial charge in [0.2, 0.25) is 0 Å². The van der Waals surface area contributed by atoms with E-state index in [1.54, 1.807) is 0 Å². The van der Waals surface area contributed by atoms with Crippen molar-refractivity contribution in [2.75, 3.05) is 39.9 Å². The Labute approximate surface area is 118 Å². The second kappa shape index (κ2) is 9.08. The lowest BCUT2D eigenvalue weighted by molar-refractivity contribution is 0.119. The monoisotopic (exact) mass is 264 g/mol. The van der Waals surface area contributed by atoms with Crippen LogP contribution in [0.2, 0.25) is 0 Å². The van der Waals surface area contributed by atoms with Crippen LogP contribution in [0.5, 0.6) is 0 Å². The lowest BCUT2D eigenvalue weighted by Gasteiger charge is -2.25. The molecule has 0 aliphatic rings. The number of aryl methyl sites for hydroxylation is 1. The Bertz CT molecular complexity index is 337. The van der Waals surface area contributed by atoms with E-state index in [2.05, 4.69) is 55.4 Å². The third-order valence-electron chi connectivity index (χ3n) is 3.25. The Kier molecular flexibility index (Phi) is 7.72. The van der Waals surface area contributed by atoms with Crippen LogP contribution >= 0.6 is 0 Å². The van der Waals surface area contributed by atoms with E-state index in [-0.39, 0.29) is 0 Å². The summed E-state index contributed by atoms with van der Waals surface area (Å²) < 4.78 is 5.41. The molecule has 3 nitrogen and oxygen atoms in total. The van der Waals surface area contributed by atoms with E-state index in [9.17, 15) is 0 Å². The molecule has 0 spiro atoms. The molecule has 0 saturated heterocycles. The van der Waals surface area contributed by atoms with Crippen molar-refractivity contribution in [3.63, 3.8) is 0 Å². The van der Waals surface area contributed by atoms with E-state index in [1.165, 1.54) is 11.1 Å². The van der Waals surface area contributed by atoms with Gasteiger partial charge in [0.15, 0.2) is 0 Å². The number of benzene rings is 1. The largest absolute Gasteiger partial charge is 0.380 e. The molecular formula is C16H28N2O. The van der Waals surface area contributed by atoms with E-state index in [0.717, 1.165) is 32.8 Å². The van der Waals surface area contributed by atoms with E-state index in [4.69, 9.17) is 4.74 Å². The first-order valence-corrected chi connectivity index (χ1v) is 7.23. The third-order valence-corrected chi connectivity index (χ3v) is 3.25. The Morgan fingerprint density at radius 3 is 2.47 bits per heavy atom. The van der Waals surface area contributed by atoms with Crippen molar-refractivity contribution in [1.82, 2.24) is 10.2 Å². The average molecular weight is 264 g/mol. The predicted octanol–water partition coefficient (Wildman–Crippen LogP) is 2.61. The lowest BCUT2D eigenvalue weighted by Crippen LogP contribution is -2.34. The Morgan fingerprint density at radius 1 is 1.21 bits per heavy atom. The highest BCUT2D eigenvalue weighted by Crippen LogP contribution is 2.14. The number of hydrogen-bond donors (Lipinski definition) is 1. The van der Waals surface area contributed by atoms with Gasteiger partial charge in [-0.2, -0.15) is 0 Å². The fourth-order valence-electron chi connectivity index (χ4n) is 2.10. The lowest BCUT2D eigenvalue weighted by atomic mass is 10.0. The van der Waals surface area contributed by atoms with Gasteiger partial charge in [-0.05, 0) is 33.0 Å². The van der Waals surface area contributed by atoms with Crippen molar-refractivity contribution in [1.29, 1.82) is 0 Å². The zero-order valence-corrected chi connectivity index (χ0v) is 12.8. The molecule has 1 aromatic carbocycles. The minimum Gasteiger partial charge on any atom is -0.380 e. The molecule has 0 amide bonds. The number of nitrogens with one attached hydrogen (secondary N) is 1. The molecule has 0 fully saturated rings. The maximum absolute atomic E-state index is 5.41. The van der Waals surface area contributed by atoms with E-state index >= 15 is 0 Å². The second-order valence-corrected chi connectivity index (χ2v) is 4.98. The number of rotatable bonds is 9. The topological polar surface area (TPSA) is 24.5 Å². The number of hydrogen-bond acceptors (Lipinski definition) is 3. The number of ether oxygens (including phenoxy) is 1. The van der Waals surface area contributed by atoms with Gasteiger partial charge in [0.05, 0.1) is 6.61 Å². The van der Waals surface area contributed by atoms with Crippen LogP contribution in [-0.4, -0.2) is 44.8 Å². The zero-order chi connectivity index (χ0) is 14.1. The van der Waals surface area contributed by atoms with Crippen LogP contribution in [-0.2, 0) is 4.74 Å². The quantitative estimate of drug-likeness (QED) is 0.694. The summed E-state index contributed by atoms with van der Waals surface area (Å²) in [6, 6.07) is 9.19. The average Bonchev–Trinajstić information content (AvgIpc) is 2.39. The van der Waals surface area contributed by atoms with Crippen molar-refractivity contribution in [3.05, 3.63) is 35.4 Å². The van der Waals surface area contributed by atoms with E-state index < -0.39 is 0 Å². The van der Waals surface area contributed by atoms with Crippen LogP contribution in [0.15, 0.2) is 24.3 Å². The molecule has 0 aromatic heterocycles. The first-order valence-electron chi connectivity index (χ1n) is 7.23. The molecule has 108 valence electrons. The highest BCUT2D eigenvalue weighted by Gasteiger charge is 2.12. The van der Waals surface area contributed by atoms with Crippen molar-refractivity contribution < 1.29 is 4.74 Å². The predicted molar refractivity (Wildman–Crippen MR) is 81.6 cm³/mol. The maximum Gasteiger partial charge on any atom is 0.0593 e. The van der Waals surface area contributed by atoms with Gasteiger partial charge >= 0.3 is 0 Å². The van der Waals surface area contributed by atoms with Gasteiger partial charge in [-0.25, -0.2) is 0 Å². The number of likely N-dealkylation sites (N-methyl/N-ethyl adjacent to an activating group) is 2. The normalized spacial score (nSPS) is 12.9. The molecule has 0 bridgehead atoms. The van der Waals surface area contributed by atoms with Crippen LogP contribution in [0.1, 0.15) is 31.0 Å². The molecule has 3 heteroatoms. The molecule has 19 heavy (non-hydrogen) atoms. The number of nitrogens with zero attached hydrogens (tertiary/aromatic N) is 1. The van der Waals surface area contributed by atoms with Gasteiger partial charge in [0, 0.05) is 25.7 Å².